The van der Waals surface area contributed by atoms with Crippen LogP contribution in [-0.2, 0) is 9.53 Å². The minimum Gasteiger partial charge on any atom is -0.486 e. The summed E-state index contributed by atoms with van der Waals surface area (Å²) in [5.41, 5.74) is 1.48. The van der Waals surface area contributed by atoms with Crippen molar-refractivity contribution >= 4 is 11.9 Å². The van der Waals surface area contributed by atoms with Gasteiger partial charge in [0.25, 0.3) is 5.91 Å². The Bertz CT molecular complexity index is 812. The molecule has 2 aromatic rings. The summed E-state index contributed by atoms with van der Waals surface area (Å²) in [5.74, 6) is 0.377. The molecule has 1 aromatic carbocycles. The molecule has 2 aliphatic rings. The zero-order valence-corrected chi connectivity index (χ0v) is 13.4. The molecule has 1 aromatic heterocycles. The predicted octanol–water partition coefficient (Wildman–Crippen LogP) is 1.28. The van der Waals surface area contributed by atoms with Gasteiger partial charge in [-0.15, -0.1) is 0 Å². The van der Waals surface area contributed by atoms with Crippen molar-refractivity contribution in [2.75, 3.05) is 19.8 Å². The number of ether oxygens (including phenoxy) is 3. The van der Waals surface area contributed by atoms with E-state index in [9.17, 15) is 9.59 Å². The molecule has 1 amide bonds. The van der Waals surface area contributed by atoms with Gasteiger partial charge in [-0.2, -0.15) is 5.10 Å². The Labute approximate surface area is 143 Å². The molecular weight excluding hydrogens is 326 g/mol. The number of carbonyl (C=O) groups excluding carboxylic acids is 2. The molecule has 2 heterocycles. The van der Waals surface area contributed by atoms with Crippen molar-refractivity contribution < 1.29 is 23.8 Å². The minimum absolute atomic E-state index is 0.230. The standard InChI is InChI=1S/C17H17N3O5/c21-15(19-11-2-3-11)9-25-17(22)12-8-18-20-16(12)10-1-4-13-14(7-10)24-6-5-23-13/h1,4,7-8,11H,2-3,5-6,9H2,(H,18,20)(H,19,21). The van der Waals surface area contributed by atoms with Crippen molar-refractivity contribution in [1.29, 1.82) is 0 Å². The SMILES string of the molecule is O=C(COC(=O)c1cn[nH]c1-c1ccc2c(c1)OCCO2)NC1CC1. The molecule has 0 unspecified atom stereocenters. The van der Waals surface area contributed by atoms with Crippen LogP contribution in [0, 0.1) is 0 Å². The van der Waals surface area contributed by atoms with Gasteiger partial charge in [0.15, 0.2) is 18.1 Å². The Morgan fingerprint density at radius 1 is 1.24 bits per heavy atom. The smallest absolute Gasteiger partial charge is 0.342 e. The molecule has 4 rings (SSSR count). The van der Waals surface area contributed by atoms with Gasteiger partial charge < -0.3 is 19.5 Å². The lowest BCUT2D eigenvalue weighted by Crippen LogP contribution is -2.30. The molecule has 1 aliphatic heterocycles. The third-order valence-electron chi connectivity index (χ3n) is 3.97. The summed E-state index contributed by atoms with van der Waals surface area (Å²) in [6.07, 6.45) is 3.35. The zero-order chi connectivity index (χ0) is 17.2. The largest absolute Gasteiger partial charge is 0.486 e. The fourth-order valence-electron chi connectivity index (χ4n) is 2.57. The number of rotatable bonds is 5. The summed E-state index contributed by atoms with van der Waals surface area (Å²) >= 11 is 0. The van der Waals surface area contributed by atoms with Crippen molar-refractivity contribution in [2.45, 2.75) is 18.9 Å². The van der Waals surface area contributed by atoms with E-state index in [0.29, 0.717) is 30.4 Å². The predicted molar refractivity (Wildman–Crippen MR) is 86.5 cm³/mol. The van der Waals surface area contributed by atoms with E-state index < -0.39 is 5.97 Å². The van der Waals surface area contributed by atoms with Crippen molar-refractivity contribution in [2.24, 2.45) is 0 Å². The third-order valence-corrected chi connectivity index (χ3v) is 3.97. The number of carbonyl (C=O) groups is 2. The van der Waals surface area contributed by atoms with Crippen molar-refractivity contribution in [1.82, 2.24) is 15.5 Å². The van der Waals surface area contributed by atoms with Gasteiger partial charge in [0.2, 0.25) is 0 Å². The summed E-state index contributed by atoms with van der Waals surface area (Å²) in [6.45, 7) is 0.683. The topological polar surface area (TPSA) is 103 Å². The average Bonchev–Trinajstić information content (AvgIpc) is 3.31. The highest BCUT2D eigenvalue weighted by molar-refractivity contribution is 5.97. The lowest BCUT2D eigenvalue weighted by atomic mass is 10.1. The Hall–Kier alpha value is -3.03. The van der Waals surface area contributed by atoms with E-state index in [1.807, 2.05) is 0 Å². The fraction of sp³-hybridized carbons (Fsp3) is 0.353. The van der Waals surface area contributed by atoms with Crippen LogP contribution < -0.4 is 14.8 Å². The Morgan fingerprint density at radius 3 is 2.84 bits per heavy atom. The molecule has 8 nitrogen and oxygen atoms in total. The van der Waals surface area contributed by atoms with Gasteiger partial charge in [0.1, 0.15) is 18.8 Å². The minimum atomic E-state index is -0.607. The molecule has 1 fully saturated rings. The maximum atomic E-state index is 12.3. The van der Waals surface area contributed by atoms with Gasteiger partial charge in [-0.05, 0) is 31.0 Å². The molecule has 0 spiro atoms. The number of hydrogen-bond donors (Lipinski definition) is 2. The molecular formula is C17H17N3O5. The summed E-state index contributed by atoms with van der Waals surface area (Å²) < 4.78 is 16.1. The number of nitrogens with one attached hydrogen (secondary N) is 2. The first kappa shape index (κ1) is 15.5. The van der Waals surface area contributed by atoms with Crippen LogP contribution >= 0.6 is 0 Å². The number of fused-ring (bicyclic) bond motifs is 1. The van der Waals surface area contributed by atoms with Crippen LogP contribution in [0.5, 0.6) is 11.5 Å². The zero-order valence-electron chi connectivity index (χ0n) is 13.4. The Balaban J connectivity index is 1.47. The molecule has 2 N–H and O–H groups in total. The Morgan fingerprint density at radius 2 is 2.04 bits per heavy atom. The summed E-state index contributed by atoms with van der Waals surface area (Å²) in [7, 11) is 0. The fourth-order valence-corrected chi connectivity index (χ4v) is 2.57. The molecule has 0 radical (unpaired) electrons. The van der Waals surface area contributed by atoms with Crippen LogP contribution in [0.3, 0.4) is 0 Å². The lowest BCUT2D eigenvalue weighted by Gasteiger charge is -2.18. The highest BCUT2D eigenvalue weighted by atomic mass is 16.6. The van der Waals surface area contributed by atoms with Gasteiger partial charge in [-0.25, -0.2) is 4.79 Å². The van der Waals surface area contributed by atoms with E-state index in [1.165, 1.54) is 6.20 Å². The second-order valence-electron chi connectivity index (χ2n) is 5.94. The van der Waals surface area contributed by atoms with Gasteiger partial charge in [-0.1, -0.05) is 0 Å². The number of hydrogen-bond acceptors (Lipinski definition) is 6. The number of esters is 1. The second-order valence-corrected chi connectivity index (χ2v) is 5.94. The quantitative estimate of drug-likeness (QED) is 0.793. The van der Waals surface area contributed by atoms with E-state index in [1.54, 1.807) is 18.2 Å². The number of nitrogens with zero attached hydrogens (tertiary/aromatic N) is 1. The highest BCUT2D eigenvalue weighted by Crippen LogP contribution is 2.34. The molecule has 130 valence electrons. The van der Waals surface area contributed by atoms with E-state index >= 15 is 0 Å². The number of amides is 1. The second kappa shape index (κ2) is 6.46. The number of aromatic nitrogens is 2. The molecule has 8 heteroatoms. The first-order valence-corrected chi connectivity index (χ1v) is 8.10. The summed E-state index contributed by atoms with van der Waals surface area (Å²) in [5, 5.41) is 9.48. The van der Waals surface area contributed by atoms with E-state index in [-0.39, 0.29) is 24.1 Å². The molecule has 25 heavy (non-hydrogen) atoms. The van der Waals surface area contributed by atoms with E-state index in [4.69, 9.17) is 14.2 Å². The maximum Gasteiger partial charge on any atom is 0.342 e. The van der Waals surface area contributed by atoms with Crippen molar-refractivity contribution in [3.8, 4) is 22.8 Å². The summed E-state index contributed by atoms with van der Waals surface area (Å²) in [6, 6.07) is 5.59. The average molecular weight is 343 g/mol. The molecule has 0 saturated heterocycles. The molecule has 1 saturated carbocycles. The van der Waals surface area contributed by atoms with Gasteiger partial charge in [0, 0.05) is 11.6 Å². The molecule has 1 aliphatic carbocycles. The van der Waals surface area contributed by atoms with Crippen LogP contribution in [0.1, 0.15) is 23.2 Å². The first-order chi connectivity index (χ1) is 12.2. The lowest BCUT2D eigenvalue weighted by molar-refractivity contribution is -0.124. The van der Waals surface area contributed by atoms with Crippen LogP contribution in [0.15, 0.2) is 24.4 Å². The third kappa shape index (κ3) is 3.42. The van der Waals surface area contributed by atoms with Crippen molar-refractivity contribution in [3.05, 3.63) is 30.0 Å². The van der Waals surface area contributed by atoms with Gasteiger partial charge >= 0.3 is 5.97 Å². The van der Waals surface area contributed by atoms with Crippen molar-refractivity contribution in [3.63, 3.8) is 0 Å². The monoisotopic (exact) mass is 343 g/mol. The first-order valence-electron chi connectivity index (χ1n) is 8.10. The summed E-state index contributed by atoms with van der Waals surface area (Å²) in [4.78, 5) is 23.9. The highest BCUT2D eigenvalue weighted by Gasteiger charge is 2.24. The van der Waals surface area contributed by atoms with Crippen LogP contribution in [-0.4, -0.2) is 47.9 Å². The van der Waals surface area contributed by atoms with Gasteiger partial charge in [-0.3, -0.25) is 9.89 Å². The molecule has 0 atom stereocenters. The number of aromatic amines is 1. The van der Waals surface area contributed by atoms with Crippen LogP contribution in [0.2, 0.25) is 0 Å². The maximum absolute atomic E-state index is 12.3. The number of benzene rings is 1. The van der Waals surface area contributed by atoms with Gasteiger partial charge in [0.05, 0.1) is 11.9 Å². The normalized spacial score (nSPS) is 15.5. The number of H-pyrrole nitrogens is 1. The van der Waals surface area contributed by atoms with E-state index in [2.05, 4.69) is 15.5 Å². The van der Waals surface area contributed by atoms with Crippen LogP contribution in [0.25, 0.3) is 11.3 Å². The molecule has 0 bridgehead atoms. The van der Waals surface area contributed by atoms with Crippen LogP contribution in [0.4, 0.5) is 0 Å². The van der Waals surface area contributed by atoms with E-state index in [0.717, 1.165) is 18.4 Å². The Kier molecular flexibility index (Phi) is 4.01.